The fourth-order valence-electron chi connectivity index (χ4n) is 3.14. The van der Waals surface area contributed by atoms with E-state index in [0.717, 1.165) is 42.2 Å². The number of hydrogen-bond acceptors (Lipinski definition) is 4. The van der Waals surface area contributed by atoms with Gasteiger partial charge in [0.1, 0.15) is 5.76 Å². The molecule has 0 aromatic carbocycles. The van der Waals surface area contributed by atoms with Gasteiger partial charge in [0.15, 0.2) is 5.96 Å². The van der Waals surface area contributed by atoms with Crippen LogP contribution in [-0.4, -0.2) is 41.8 Å². The van der Waals surface area contributed by atoms with E-state index in [9.17, 15) is 0 Å². The molecule has 0 saturated heterocycles. The van der Waals surface area contributed by atoms with E-state index in [1.165, 1.54) is 31.2 Å². The molecule has 1 aliphatic carbocycles. The smallest absolute Gasteiger partial charge is 0.191 e. The zero-order valence-corrected chi connectivity index (χ0v) is 15.6. The van der Waals surface area contributed by atoms with Gasteiger partial charge in [-0.2, -0.15) is 11.8 Å². The third kappa shape index (κ3) is 5.44. The lowest BCUT2D eigenvalue weighted by Crippen LogP contribution is -2.45. The molecule has 1 fully saturated rings. The molecule has 2 N–H and O–H groups in total. The minimum absolute atomic E-state index is 0.540. The number of aliphatic imine (C=N–C) groups is 1. The third-order valence-corrected chi connectivity index (χ3v) is 5.55. The fourth-order valence-corrected chi connectivity index (χ4v) is 3.97. The third-order valence-electron chi connectivity index (χ3n) is 4.46. The van der Waals surface area contributed by atoms with E-state index in [2.05, 4.69) is 29.0 Å². The van der Waals surface area contributed by atoms with Gasteiger partial charge in [0.2, 0.25) is 0 Å². The first-order valence-electron chi connectivity index (χ1n) is 8.63. The zero-order chi connectivity index (χ0) is 16.7. The molecule has 2 atom stereocenters. The minimum atomic E-state index is 0.540. The molecule has 0 spiro atoms. The summed E-state index contributed by atoms with van der Waals surface area (Å²) in [6, 6.07) is 0.540. The van der Waals surface area contributed by atoms with Gasteiger partial charge in [-0.25, -0.2) is 0 Å². The van der Waals surface area contributed by atoms with Crippen LogP contribution in [0.4, 0.5) is 0 Å². The van der Waals surface area contributed by atoms with Crippen molar-refractivity contribution < 1.29 is 4.52 Å². The predicted molar refractivity (Wildman–Crippen MR) is 98.4 cm³/mol. The van der Waals surface area contributed by atoms with Crippen molar-refractivity contribution in [2.24, 2.45) is 4.99 Å². The minimum Gasteiger partial charge on any atom is -0.361 e. The molecule has 1 aromatic rings. The molecule has 1 aliphatic rings. The standard InChI is InChI=1S/C17H30N4OS/c1-5-18-17(20-14-7-6-8-15(11-14)23-4)19-10-9-16-12(2)21-22-13(16)3/h14-15H,5-11H2,1-4H3,(H2,18,19,20). The molecule has 0 aliphatic heterocycles. The van der Waals surface area contributed by atoms with Crippen molar-refractivity contribution in [2.75, 3.05) is 19.3 Å². The van der Waals surface area contributed by atoms with Crippen molar-refractivity contribution in [2.45, 2.75) is 64.2 Å². The maximum atomic E-state index is 5.21. The summed E-state index contributed by atoms with van der Waals surface area (Å²) in [7, 11) is 0. The van der Waals surface area contributed by atoms with E-state index in [-0.39, 0.29) is 0 Å². The van der Waals surface area contributed by atoms with Gasteiger partial charge in [-0.15, -0.1) is 0 Å². The Morgan fingerprint density at radius 3 is 2.87 bits per heavy atom. The van der Waals surface area contributed by atoms with Crippen molar-refractivity contribution in [3.63, 3.8) is 0 Å². The molecular formula is C17H30N4OS. The molecule has 2 rings (SSSR count). The van der Waals surface area contributed by atoms with Crippen molar-refractivity contribution in [3.8, 4) is 0 Å². The van der Waals surface area contributed by atoms with Gasteiger partial charge >= 0.3 is 0 Å². The summed E-state index contributed by atoms with van der Waals surface area (Å²) in [5, 5.41) is 11.8. The average Bonchev–Trinajstić information content (AvgIpc) is 2.87. The van der Waals surface area contributed by atoms with Crippen LogP contribution in [0.25, 0.3) is 0 Å². The summed E-state index contributed by atoms with van der Waals surface area (Å²) in [5.41, 5.74) is 2.16. The Labute approximate surface area is 144 Å². The lowest BCUT2D eigenvalue weighted by Gasteiger charge is -2.29. The summed E-state index contributed by atoms with van der Waals surface area (Å²) >= 11 is 1.99. The highest BCUT2D eigenvalue weighted by atomic mass is 32.2. The van der Waals surface area contributed by atoms with Crippen molar-refractivity contribution >= 4 is 17.7 Å². The maximum absolute atomic E-state index is 5.21. The summed E-state index contributed by atoms with van der Waals surface area (Å²) < 4.78 is 5.21. The Kier molecular flexibility index (Phi) is 7.27. The first-order chi connectivity index (χ1) is 11.1. The van der Waals surface area contributed by atoms with Crippen molar-refractivity contribution in [1.29, 1.82) is 0 Å². The monoisotopic (exact) mass is 338 g/mol. The van der Waals surface area contributed by atoms with E-state index in [1.807, 2.05) is 25.6 Å². The first-order valence-corrected chi connectivity index (χ1v) is 9.92. The van der Waals surface area contributed by atoms with E-state index >= 15 is 0 Å². The van der Waals surface area contributed by atoms with Gasteiger partial charge in [0.05, 0.1) is 5.69 Å². The van der Waals surface area contributed by atoms with Crippen LogP contribution in [-0.2, 0) is 6.42 Å². The van der Waals surface area contributed by atoms with Gasteiger partial charge in [0, 0.05) is 29.9 Å². The van der Waals surface area contributed by atoms with E-state index in [1.54, 1.807) is 0 Å². The number of rotatable bonds is 6. The number of guanidine groups is 1. The Morgan fingerprint density at radius 2 is 2.22 bits per heavy atom. The van der Waals surface area contributed by atoms with E-state index in [0.29, 0.717) is 6.04 Å². The van der Waals surface area contributed by atoms with Gasteiger partial charge < -0.3 is 15.2 Å². The molecule has 2 unspecified atom stereocenters. The second kappa shape index (κ2) is 9.21. The van der Waals surface area contributed by atoms with Crippen molar-refractivity contribution in [3.05, 3.63) is 17.0 Å². The molecule has 130 valence electrons. The first kappa shape index (κ1) is 18.2. The Bertz CT molecular complexity index is 495. The topological polar surface area (TPSA) is 62.5 Å². The normalized spacial score (nSPS) is 22.2. The Balaban J connectivity index is 1.89. The number of nitrogens with one attached hydrogen (secondary N) is 2. The number of aryl methyl sites for hydroxylation is 2. The average molecular weight is 339 g/mol. The maximum Gasteiger partial charge on any atom is 0.191 e. The highest BCUT2D eigenvalue weighted by Crippen LogP contribution is 2.26. The number of aromatic nitrogens is 1. The van der Waals surface area contributed by atoms with Gasteiger partial charge in [0.25, 0.3) is 0 Å². The Hall–Kier alpha value is -1.17. The summed E-state index contributed by atoms with van der Waals surface area (Å²) in [6.45, 7) is 7.69. The van der Waals surface area contributed by atoms with Crippen molar-refractivity contribution in [1.82, 2.24) is 15.8 Å². The van der Waals surface area contributed by atoms with Crippen LogP contribution in [0.2, 0.25) is 0 Å². The van der Waals surface area contributed by atoms with E-state index < -0.39 is 0 Å². The summed E-state index contributed by atoms with van der Waals surface area (Å²) in [5.74, 6) is 1.84. The van der Waals surface area contributed by atoms with Crippen LogP contribution in [0.1, 0.15) is 49.6 Å². The summed E-state index contributed by atoms with van der Waals surface area (Å²) in [4.78, 5) is 4.73. The Morgan fingerprint density at radius 1 is 1.39 bits per heavy atom. The molecule has 0 bridgehead atoms. The molecule has 0 amide bonds. The van der Waals surface area contributed by atoms with Crippen LogP contribution in [0.3, 0.4) is 0 Å². The SMILES string of the molecule is CCNC(=NCCc1c(C)noc1C)NC1CCCC(SC)C1. The van der Waals surface area contributed by atoms with Crippen LogP contribution < -0.4 is 10.6 Å². The van der Waals surface area contributed by atoms with Crippen LogP contribution in [0.15, 0.2) is 9.52 Å². The summed E-state index contributed by atoms with van der Waals surface area (Å²) in [6.07, 6.45) is 8.22. The second-order valence-electron chi connectivity index (χ2n) is 6.18. The zero-order valence-electron chi connectivity index (χ0n) is 14.8. The quantitative estimate of drug-likeness (QED) is 0.616. The lowest BCUT2D eigenvalue weighted by atomic mass is 9.95. The number of nitrogens with zero attached hydrogens (tertiary/aromatic N) is 2. The predicted octanol–water partition coefficient (Wildman–Crippen LogP) is 3.06. The molecule has 1 heterocycles. The molecule has 5 nitrogen and oxygen atoms in total. The largest absolute Gasteiger partial charge is 0.361 e. The van der Waals surface area contributed by atoms with Gasteiger partial charge in [-0.3, -0.25) is 4.99 Å². The highest BCUT2D eigenvalue weighted by Gasteiger charge is 2.21. The second-order valence-corrected chi connectivity index (χ2v) is 7.32. The number of thioether (sulfide) groups is 1. The fraction of sp³-hybridized carbons (Fsp3) is 0.765. The van der Waals surface area contributed by atoms with E-state index in [4.69, 9.17) is 9.52 Å². The lowest BCUT2D eigenvalue weighted by molar-refractivity contribution is 0.392. The molecule has 1 saturated carbocycles. The highest BCUT2D eigenvalue weighted by molar-refractivity contribution is 7.99. The van der Waals surface area contributed by atoms with Crippen LogP contribution in [0.5, 0.6) is 0 Å². The molecule has 6 heteroatoms. The van der Waals surface area contributed by atoms with Gasteiger partial charge in [-0.05, 0) is 52.7 Å². The van der Waals surface area contributed by atoms with Gasteiger partial charge in [-0.1, -0.05) is 11.6 Å². The van der Waals surface area contributed by atoms with Crippen LogP contribution >= 0.6 is 11.8 Å². The molecule has 1 aromatic heterocycles. The molecular weight excluding hydrogens is 308 g/mol. The van der Waals surface area contributed by atoms with Crippen LogP contribution in [0, 0.1) is 13.8 Å². The number of hydrogen-bond donors (Lipinski definition) is 2. The molecule has 23 heavy (non-hydrogen) atoms. The molecule has 0 radical (unpaired) electrons.